The maximum Gasteiger partial charge on any atom is 0.202 e. The third kappa shape index (κ3) is 3.92. The number of piperidine rings is 1. The molecule has 0 aromatic carbocycles. The third-order valence-electron chi connectivity index (χ3n) is 3.13. The molecule has 1 saturated heterocycles. The van der Waals surface area contributed by atoms with Crippen molar-refractivity contribution in [2.45, 2.75) is 45.6 Å². The summed E-state index contributed by atoms with van der Waals surface area (Å²) >= 11 is 1.47. The Kier molecular flexibility index (Phi) is 4.74. The van der Waals surface area contributed by atoms with Crippen molar-refractivity contribution in [1.82, 2.24) is 14.3 Å². The lowest BCUT2D eigenvalue weighted by Crippen LogP contribution is -2.38. The van der Waals surface area contributed by atoms with Crippen LogP contribution in [0.15, 0.2) is 0 Å². The number of nitrogens with zero attached hydrogens (tertiary/aromatic N) is 3. The van der Waals surface area contributed by atoms with Gasteiger partial charge in [0.2, 0.25) is 5.13 Å². The molecule has 1 N–H and O–H groups in total. The van der Waals surface area contributed by atoms with Crippen molar-refractivity contribution >= 4 is 16.7 Å². The summed E-state index contributed by atoms with van der Waals surface area (Å²) in [4.78, 5) is 6.98. The van der Waals surface area contributed by atoms with E-state index in [0.29, 0.717) is 6.04 Å². The first-order valence-corrected chi connectivity index (χ1v) is 7.36. The van der Waals surface area contributed by atoms with Gasteiger partial charge in [0.05, 0.1) is 0 Å². The molecular formula is C12H22N4S. The van der Waals surface area contributed by atoms with Gasteiger partial charge in [0, 0.05) is 30.5 Å². The summed E-state index contributed by atoms with van der Waals surface area (Å²) in [6.45, 7) is 7.93. The molecule has 2 rings (SSSR count). The van der Waals surface area contributed by atoms with E-state index in [2.05, 4.69) is 33.4 Å². The van der Waals surface area contributed by atoms with Crippen molar-refractivity contribution in [3.8, 4) is 0 Å². The van der Waals surface area contributed by atoms with Crippen LogP contribution in [-0.2, 0) is 6.42 Å². The molecule has 1 aromatic rings. The van der Waals surface area contributed by atoms with E-state index in [0.717, 1.165) is 23.9 Å². The normalized spacial score (nSPS) is 19.2. The van der Waals surface area contributed by atoms with E-state index in [1.165, 1.54) is 43.9 Å². The number of aryl methyl sites for hydroxylation is 1. The number of anilines is 1. The van der Waals surface area contributed by atoms with Gasteiger partial charge in [-0.1, -0.05) is 13.3 Å². The summed E-state index contributed by atoms with van der Waals surface area (Å²) < 4.78 is 4.29. The lowest BCUT2D eigenvalue weighted by molar-refractivity contribution is 0.223. The topological polar surface area (TPSA) is 41.1 Å². The Morgan fingerprint density at radius 2 is 2.12 bits per heavy atom. The van der Waals surface area contributed by atoms with E-state index in [1.54, 1.807) is 0 Å². The van der Waals surface area contributed by atoms with Crippen LogP contribution in [0.4, 0.5) is 5.13 Å². The molecule has 1 atom stereocenters. The number of likely N-dealkylation sites (tertiary alicyclic amines) is 1. The Labute approximate surface area is 108 Å². The van der Waals surface area contributed by atoms with E-state index in [9.17, 15) is 0 Å². The second-order valence-electron chi connectivity index (χ2n) is 4.78. The Morgan fingerprint density at radius 3 is 2.76 bits per heavy atom. The van der Waals surface area contributed by atoms with E-state index < -0.39 is 0 Å². The molecule has 2 heterocycles. The Morgan fingerprint density at radius 1 is 1.35 bits per heavy atom. The van der Waals surface area contributed by atoms with Gasteiger partial charge >= 0.3 is 0 Å². The van der Waals surface area contributed by atoms with Crippen molar-refractivity contribution in [2.75, 3.05) is 25.0 Å². The second-order valence-corrected chi connectivity index (χ2v) is 5.53. The number of nitrogens with one attached hydrogen (secondary N) is 1. The van der Waals surface area contributed by atoms with E-state index in [-0.39, 0.29) is 0 Å². The van der Waals surface area contributed by atoms with Gasteiger partial charge in [0.1, 0.15) is 5.82 Å². The molecule has 1 aliphatic heterocycles. The molecule has 0 aliphatic carbocycles. The molecule has 1 aliphatic rings. The van der Waals surface area contributed by atoms with Gasteiger partial charge in [-0.15, -0.1) is 0 Å². The van der Waals surface area contributed by atoms with Crippen LogP contribution in [-0.4, -0.2) is 39.9 Å². The molecule has 1 aromatic heterocycles. The van der Waals surface area contributed by atoms with Crippen LogP contribution in [0.25, 0.3) is 0 Å². The molecule has 5 heteroatoms. The zero-order chi connectivity index (χ0) is 12.1. The maximum atomic E-state index is 4.44. The van der Waals surface area contributed by atoms with Gasteiger partial charge in [-0.3, -0.25) is 0 Å². The number of rotatable bonds is 5. The van der Waals surface area contributed by atoms with Gasteiger partial charge in [-0.05, 0) is 32.9 Å². The first kappa shape index (κ1) is 12.8. The van der Waals surface area contributed by atoms with Crippen LogP contribution in [0.3, 0.4) is 0 Å². The summed E-state index contributed by atoms with van der Waals surface area (Å²) in [5.41, 5.74) is 0. The average molecular weight is 254 g/mol. The minimum Gasteiger partial charge on any atom is -0.357 e. The molecule has 0 saturated carbocycles. The molecule has 1 fully saturated rings. The Bertz CT molecular complexity index is 333. The minimum absolute atomic E-state index is 0.450. The van der Waals surface area contributed by atoms with Gasteiger partial charge in [-0.25, -0.2) is 4.98 Å². The minimum atomic E-state index is 0.450. The van der Waals surface area contributed by atoms with E-state index in [4.69, 9.17) is 0 Å². The predicted molar refractivity (Wildman–Crippen MR) is 72.7 cm³/mol. The largest absolute Gasteiger partial charge is 0.357 e. The van der Waals surface area contributed by atoms with Crippen LogP contribution >= 0.6 is 11.5 Å². The summed E-state index contributed by atoms with van der Waals surface area (Å²) in [6.07, 6.45) is 5.02. The van der Waals surface area contributed by atoms with Crippen LogP contribution in [0.1, 0.15) is 38.9 Å². The van der Waals surface area contributed by atoms with Crippen molar-refractivity contribution in [3.63, 3.8) is 0 Å². The van der Waals surface area contributed by atoms with Crippen molar-refractivity contribution in [3.05, 3.63) is 5.82 Å². The number of hydrogen-bond donors (Lipinski definition) is 1. The van der Waals surface area contributed by atoms with Crippen LogP contribution in [0.5, 0.6) is 0 Å². The molecule has 0 bridgehead atoms. The summed E-state index contributed by atoms with van der Waals surface area (Å²) in [5, 5.41) is 4.41. The molecule has 17 heavy (non-hydrogen) atoms. The lowest BCUT2D eigenvalue weighted by atomic mass is 10.1. The van der Waals surface area contributed by atoms with Gasteiger partial charge < -0.3 is 10.2 Å². The second kappa shape index (κ2) is 6.31. The Balaban J connectivity index is 1.77. The van der Waals surface area contributed by atoms with Gasteiger partial charge in [-0.2, -0.15) is 4.37 Å². The number of hydrogen-bond acceptors (Lipinski definition) is 5. The molecule has 0 amide bonds. The van der Waals surface area contributed by atoms with Crippen molar-refractivity contribution in [2.24, 2.45) is 0 Å². The monoisotopic (exact) mass is 254 g/mol. The molecule has 96 valence electrons. The fraction of sp³-hybridized carbons (Fsp3) is 0.833. The summed E-state index contributed by atoms with van der Waals surface area (Å²) in [5.74, 6) is 0.947. The average Bonchev–Trinajstić information content (AvgIpc) is 2.78. The van der Waals surface area contributed by atoms with Crippen molar-refractivity contribution in [1.29, 1.82) is 0 Å². The van der Waals surface area contributed by atoms with Crippen LogP contribution in [0.2, 0.25) is 0 Å². The zero-order valence-electron chi connectivity index (χ0n) is 10.8. The van der Waals surface area contributed by atoms with Gasteiger partial charge in [0.25, 0.3) is 0 Å². The fourth-order valence-electron chi connectivity index (χ4n) is 2.24. The van der Waals surface area contributed by atoms with E-state index >= 15 is 0 Å². The predicted octanol–water partition coefficient (Wildman–Crippen LogP) is 2.39. The summed E-state index contributed by atoms with van der Waals surface area (Å²) in [6, 6.07) is 0.450. The molecular weight excluding hydrogens is 232 g/mol. The van der Waals surface area contributed by atoms with Crippen LogP contribution in [0, 0.1) is 0 Å². The highest BCUT2D eigenvalue weighted by molar-refractivity contribution is 7.09. The SMILES string of the molecule is CCc1nsc(NC(C)CN2CCCCC2)n1. The smallest absolute Gasteiger partial charge is 0.202 e. The molecule has 0 spiro atoms. The lowest BCUT2D eigenvalue weighted by Gasteiger charge is -2.29. The molecule has 4 nitrogen and oxygen atoms in total. The zero-order valence-corrected chi connectivity index (χ0v) is 11.6. The highest BCUT2D eigenvalue weighted by Gasteiger charge is 2.14. The third-order valence-corrected chi connectivity index (χ3v) is 3.82. The maximum absolute atomic E-state index is 4.44. The highest BCUT2D eigenvalue weighted by Crippen LogP contribution is 2.14. The first-order valence-electron chi connectivity index (χ1n) is 6.59. The van der Waals surface area contributed by atoms with E-state index in [1.807, 2.05) is 0 Å². The standard InChI is InChI=1S/C12H22N4S/c1-3-11-14-12(17-15-11)13-10(2)9-16-7-5-4-6-8-16/h10H,3-9H2,1-2H3,(H,13,14,15). The quantitative estimate of drug-likeness (QED) is 0.876. The number of aromatic nitrogens is 2. The molecule has 1 unspecified atom stereocenters. The van der Waals surface area contributed by atoms with Crippen molar-refractivity contribution < 1.29 is 0 Å². The highest BCUT2D eigenvalue weighted by atomic mass is 32.1. The molecule has 0 radical (unpaired) electrons. The fourth-order valence-corrected chi connectivity index (χ4v) is 3.00. The van der Waals surface area contributed by atoms with Gasteiger partial charge in [0.15, 0.2) is 0 Å². The summed E-state index contributed by atoms with van der Waals surface area (Å²) in [7, 11) is 0. The van der Waals surface area contributed by atoms with Crippen LogP contribution < -0.4 is 5.32 Å². The first-order chi connectivity index (χ1) is 8.28. The Hall–Kier alpha value is -0.680.